The lowest BCUT2D eigenvalue weighted by atomic mass is 10.1. The van der Waals surface area contributed by atoms with Crippen molar-refractivity contribution in [2.45, 2.75) is 18.9 Å². The number of carbonyl (C=O) groups excluding carboxylic acids is 1. The minimum Gasteiger partial charge on any atom is -0.345 e. The lowest BCUT2D eigenvalue weighted by Crippen LogP contribution is -2.27. The summed E-state index contributed by atoms with van der Waals surface area (Å²) in [6.45, 7) is 0. The van der Waals surface area contributed by atoms with E-state index in [9.17, 15) is 9.18 Å². The number of halogens is 1. The molecule has 0 fully saturated rings. The van der Waals surface area contributed by atoms with Crippen LogP contribution in [-0.2, 0) is 6.42 Å². The van der Waals surface area contributed by atoms with E-state index in [1.807, 2.05) is 0 Å². The molecule has 3 aromatic rings. The van der Waals surface area contributed by atoms with Crippen molar-refractivity contribution in [1.29, 1.82) is 0 Å². The maximum absolute atomic E-state index is 13.3. The van der Waals surface area contributed by atoms with Gasteiger partial charge in [0.1, 0.15) is 18.5 Å². The molecule has 0 bridgehead atoms. The Labute approximate surface area is 137 Å². The maximum atomic E-state index is 13.3. The number of carbonyl (C=O) groups is 1. The Hall–Kier alpha value is -3.09. The summed E-state index contributed by atoms with van der Waals surface area (Å²) in [7, 11) is 0. The van der Waals surface area contributed by atoms with Crippen molar-refractivity contribution >= 4 is 5.91 Å². The number of benzene rings is 1. The highest BCUT2D eigenvalue weighted by molar-refractivity contribution is 5.94. The summed E-state index contributed by atoms with van der Waals surface area (Å²) in [5.74, 6) is 0.0855. The summed E-state index contributed by atoms with van der Waals surface area (Å²) in [6.07, 6.45) is 6.02. The fraction of sp³-hybridized carbons (Fsp3) is 0.176. The molecule has 1 atom stereocenters. The predicted octanol–water partition coefficient (Wildman–Crippen LogP) is 2.22. The number of hydrogen-bond acceptors (Lipinski definition) is 4. The molecular weight excluding hydrogens is 309 g/mol. The highest BCUT2D eigenvalue weighted by atomic mass is 19.1. The van der Waals surface area contributed by atoms with Crippen molar-refractivity contribution < 1.29 is 9.18 Å². The van der Waals surface area contributed by atoms with Gasteiger partial charge < -0.3 is 5.32 Å². The maximum Gasteiger partial charge on any atom is 0.251 e. The van der Waals surface area contributed by atoms with Gasteiger partial charge >= 0.3 is 0 Å². The van der Waals surface area contributed by atoms with Crippen LogP contribution in [0.25, 0.3) is 5.82 Å². The number of pyridine rings is 1. The van der Waals surface area contributed by atoms with Gasteiger partial charge in [-0.15, -0.1) is 0 Å². The zero-order valence-corrected chi connectivity index (χ0v) is 12.7. The van der Waals surface area contributed by atoms with Crippen molar-refractivity contribution in [1.82, 2.24) is 25.1 Å². The van der Waals surface area contributed by atoms with Gasteiger partial charge in [-0.2, -0.15) is 5.10 Å². The molecule has 0 unspecified atom stereocenters. The number of fused-ring (bicyclic) bond motifs is 1. The molecule has 2 aromatic heterocycles. The molecule has 0 saturated heterocycles. The molecule has 0 saturated carbocycles. The Balaban J connectivity index is 1.55. The van der Waals surface area contributed by atoms with Gasteiger partial charge in [-0.05, 0) is 48.2 Å². The van der Waals surface area contributed by atoms with Gasteiger partial charge in [0.15, 0.2) is 5.82 Å². The summed E-state index contributed by atoms with van der Waals surface area (Å²) < 4.78 is 14.8. The van der Waals surface area contributed by atoms with Crippen LogP contribution in [0.2, 0.25) is 0 Å². The molecule has 1 aliphatic carbocycles. The summed E-state index contributed by atoms with van der Waals surface area (Å²) in [6, 6.07) is 7.92. The van der Waals surface area contributed by atoms with Crippen LogP contribution in [-0.4, -0.2) is 25.7 Å². The SMILES string of the molecule is O=C(N[C@@H]1CCc2cc(F)ccc21)c1ccnc(-n2cncn2)c1. The van der Waals surface area contributed by atoms with E-state index in [1.54, 1.807) is 24.4 Å². The van der Waals surface area contributed by atoms with Crippen LogP contribution in [0.15, 0.2) is 49.2 Å². The summed E-state index contributed by atoms with van der Waals surface area (Å²) in [5, 5.41) is 7.01. The zero-order valence-electron chi connectivity index (χ0n) is 12.7. The van der Waals surface area contributed by atoms with Crippen LogP contribution in [0, 0.1) is 5.82 Å². The zero-order chi connectivity index (χ0) is 16.5. The number of rotatable bonds is 3. The average Bonchev–Trinajstić information content (AvgIpc) is 3.25. The molecule has 120 valence electrons. The number of nitrogens with one attached hydrogen (secondary N) is 1. The van der Waals surface area contributed by atoms with E-state index in [-0.39, 0.29) is 17.8 Å². The smallest absolute Gasteiger partial charge is 0.251 e. The topological polar surface area (TPSA) is 72.7 Å². The molecule has 2 heterocycles. The fourth-order valence-corrected chi connectivity index (χ4v) is 2.99. The third-order valence-electron chi connectivity index (χ3n) is 4.15. The van der Waals surface area contributed by atoms with E-state index in [2.05, 4.69) is 20.4 Å². The van der Waals surface area contributed by atoms with Crippen molar-refractivity contribution in [3.8, 4) is 5.82 Å². The molecule has 6 nitrogen and oxygen atoms in total. The van der Waals surface area contributed by atoms with Crippen LogP contribution in [0.3, 0.4) is 0 Å². The summed E-state index contributed by atoms with van der Waals surface area (Å²) >= 11 is 0. The molecule has 4 rings (SSSR count). The van der Waals surface area contributed by atoms with Crippen LogP contribution in [0.5, 0.6) is 0 Å². The van der Waals surface area contributed by atoms with Crippen molar-refractivity contribution in [3.63, 3.8) is 0 Å². The highest BCUT2D eigenvalue weighted by Gasteiger charge is 2.24. The van der Waals surface area contributed by atoms with Gasteiger partial charge in [-0.25, -0.2) is 19.0 Å². The largest absolute Gasteiger partial charge is 0.345 e. The lowest BCUT2D eigenvalue weighted by molar-refractivity contribution is 0.0936. The monoisotopic (exact) mass is 323 g/mol. The van der Waals surface area contributed by atoms with Crippen LogP contribution in [0.1, 0.15) is 33.9 Å². The molecule has 24 heavy (non-hydrogen) atoms. The first-order valence-electron chi connectivity index (χ1n) is 7.61. The Morgan fingerprint density at radius 2 is 2.21 bits per heavy atom. The number of nitrogens with zero attached hydrogens (tertiary/aromatic N) is 4. The van der Waals surface area contributed by atoms with E-state index in [0.717, 1.165) is 24.0 Å². The second-order valence-electron chi connectivity index (χ2n) is 5.65. The van der Waals surface area contributed by atoms with Crippen molar-refractivity contribution in [3.05, 3.63) is 71.7 Å². The highest BCUT2D eigenvalue weighted by Crippen LogP contribution is 2.31. The Bertz CT molecular complexity index is 894. The summed E-state index contributed by atoms with van der Waals surface area (Å²) in [4.78, 5) is 20.6. The average molecular weight is 323 g/mol. The van der Waals surface area contributed by atoms with Gasteiger partial charge in [0, 0.05) is 11.8 Å². The molecule has 0 spiro atoms. The molecule has 1 amide bonds. The Morgan fingerprint density at radius 3 is 3.04 bits per heavy atom. The Kier molecular flexibility index (Phi) is 3.53. The quantitative estimate of drug-likeness (QED) is 0.802. The first kappa shape index (κ1) is 14.5. The van der Waals surface area contributed by atoms with E-state index in [0.29, 0.717) is 11.4 Å². The molecule has 7 heteroatoms. The fourth-order valence-electron chi connectivity index (χ4n) is 2.99. The molecule has 0 aliphatic heterocycles. The third-order valence-corrected chi connectivity index (χ3v) is 4.15. The second kappa shape index (κ2) is 5.84. The van der Waals surface area contributed by atoms with Crippen molar-refractivity contribution in [2.24, 2.45) is 0 Å². The van der Waals surface area contributed by atoms with E-state index in [4.69, 9.17) is 0 Å². The van der Waals surface area contributed by atoms with Gasteiger partial charge in [0.2, 0.25) is 0 Å². The second-order valence-corrected chi connectivity index (χ2v) is 5.65. The van der Waals surface area contributed by atoms with Crippen LogP contribution >= 0.6 is 0 Å². The normalized spacial score (nSPS) is 16.0. The minimum absolute atomic E-state index is 0.101. The predicted molar refractivity (Wildman–Crippen MR) is 84.1 cm³/mol. The van der Waals surface area contributed by atoms with Crippen molar-refractivity contribution in [2.75, 3.05) is 0 Å². The summed E-state index contributed by atoms with van der Waals surface area (Å²) in [5.41, 5.74) is 2.43. The first-order chi connectivity index (χ1) is 11.7. The first-order valence-corrected chi connectivity index (χ1v) is 7.61. The number of amides is 1. The minimum atomic E-state index is -0.243. The van der Waals surface area contributed by atoms with Gasteiger partial charge in [0.05, 0.1) is 6.04 Å². The Morgan fingerprint density at radius 1 is 1.29 bits per heavy atom. The van der Waals surface area contributed by atoms with E-state index in [1.165, 1.54) is 29.5 Å². The van der Waals surface area contributed by atoms with E-state index >= 15 is 0 Å². The number of aryl methyl sites for hydroxylation is 1. The van der Waals surface area contributed by atoms with Crippen LogP contribution in [0.4, 0.5) is 4.39 Å². The number of hydrogen-bond donors (Lipinski definition) is 1. The number of aromatic nitrogens is 4. The lowest BCUT2D eigenvalue weighted by Gasteiger charge is -2.14. The standard InChI is InChI=1S/C17H14FN5O/c18-13-2-3-14-11(7-13)1-4-15(14)22-17(24)12-5-6-20-16(8-12)23-10-19-9-21-23/h2-3,5-10,15H,1,4H2,(H,22,24)/t15-/m1/s1. The molecule has 0 radical (unpaired) electrons. The third kappa shape index (κ3) is 2.64. The van der Waals surface area contributed by atoms with E-state index < -0.39 is 0 Å². The molecule has 1 aliphatic rings. The molecular formula is C17H14FN5O. The molecule has 1 N–H and O–H groups in total. The molecule has 1 aromatic carbocycles. The van der Waals surface area contributed by atoms with Gasteiger partial charge in [0.25, 0.3) is 5.91 Å². The van der Waals surface area contributed by atoms with Gasteiger partial charge in [-0.3, -0.25) is 4.79 Å². The van der Waals surface area contributed by atoms with Gasteiger partial charge in [-0.1, -0.05) is 6.07 Å². The van der Waals surface area contributed by atoms with Crippen LogP contribution < -0.4 is 5.32 Å².